The quantitative estimate of drug-likeness (QED) is 0.922. The second kappa shape index (κ2) is 7.51. The van der Waals surface area contributed by atoms with Crippen molar-refractivity contribution < 1.29 is 4.79 Å². The Morgan fingerprint density at radius 1 is 1.42 bits per heavy atom. The molecule has 1 aliphatic rings. The van der Waals surface area contributed by atoms with Gasteiger partial charge in [-0.2, -0.15) is 0 Å². The van der Waals surface area contributed by atoms with Gasteiger partial charge < -0.3 is 10.6 Å². The van der Waals surface area contributed by atoms with Crippen LogP contribution in [0.25, 0.3) is 0 Å². The summed E-state index contributed by atoms with van der Waals surface area (Å²) in [6.45, 7) is 4.53. The van der Waals surface area contributed by atoms with E-state index in [4.69, 9.17) is 5.73 Å². The first-order valence-electron chi connectivity index (χ1n) is 6.73. The summed E-state index contributed by atoms with van der Waals surface area (Å²) in [7, 11) is 0. The van der Waals surface area contributed by atoms with Gasteiger partial charge in [0, 0.05) is 19.5 Å². The largest absolute Gasteiger partial charge is 0.342 e. The number of carbonyl (C=O) groups is 1. The zero-order chi connectivity index (χ0) is 13.0. The molecule has 0 aromatic heterocycles. The molecule has 106 valence electrons. The van der Waals surface area contributed by atoms with Gasteiger partial charge in [0.05, 0.1) is 0 Å². The van der Waals surface area contributed by atoms with E-state index >= 15 is 0 Å². The predicted molar refractivity (Wildman–Crippen MR) is 80.5 cm³/mol. The van der Waals surface area contributed by atoms with Gasteiger partial charge >= 0.3 is 0 Å². The number of hydrogen-bond acceptors (Lipinski definition) is 2. The molecule has 1 heterocycles. The van der Waals surface area contributed by atoms with Crippen LogP contribution < -0.4 is 5.73 Å². The average Bonchev–Trinajstić information content (AvgIpc) is 2.88. The molecular weight excluding hydrogens is 260 g/mol. The minimum atomic E-state index is 0. The molecule has 2 unspecified atom stereocenters. The van der Waals surface area contributed by atoms with Gasteiger partial charge in [0.2, 0.25) is 5.91 Å². The highest BCUT2D eigenvalue weighted by atomic mass is 35.5. The molecule has 4 heteroatoms. The molecule has 0 radical (unpaired) electrons. The Kier molecular flexibility index (Phi) is 6.32. The number of nitrogens with two attached hydrogens (primary N) is 1. The van der Waals surface area contributed by atoms with Crippen molar-refractivity contribution in [2.45, 2.75) is 25.7 Å². The number of rotatable bonds is 4. The summed E-state index contributed by atoms with van der Waals surface area (Å²) in [5.41, 5.74) is 6.89. The van der Waals surface area contributed by atoms with Gasteiger partial charge in [0.15, 0.2) is 0 Å². The van der Waals surface area contributed by atoms with Crippen molar-refractivity contribution in [1.82, 2.24) is 4.90 Å². The normalized spacial score (nSPS) is 19.9. The minimum Gasteiger partial charge on any atom is -0.342 e. The number of nitrogens with zero attached hydrogens (tertiary/aromatic N) is 1. The Bertz CT molecular complexity index is 396. The lowest BCUT2D eigenvalue weighted by molar-refractivity contribution is -0.130. The summed E-state index contributed by atoms with van der Waals surface area (Å²) in [6, 6.07) is 10.2. The third-order valence-electron chi connectivity index (χ3n) is 3.82. The van der Waals surface area contributed by atoms with Gasteiger partial charge in [0.25, 0.3) is 0 Å². The smallest absolute Gasteiger partial charge is 0.223 e. The molecular formula is C15H23ClN2O. The van der Waals surface area contributed by atoms with Crippen LogP contribution in [0.15, 0.2) is 30.3 Å². The predicted octanol–water partition coefficient (Wildman–Crippen LogP) is 2.41. The molecule has 2 rings (SSSR count). The first-order valence-corrected chi connectivity index (χ1v) is 6.73. The van der Waals surface area contributed by atoms with E-state index in [0.29, 0.717) is 18.9 Å². The summed E-state index contributed by atoms with van der Waals surface area (Å²) < 4.78 is 0. The number of hydrogen-bond donors (Lipinski definition) is 1. The second-order valence-electron chi connectivity index (χ2n) is 5.25. The highest BCUT2D eigenvalue weighted by Gasteiger charge is 2.26. The van der Waals surface area contributed by atoms with Crippen LogP contribution in [0.2, 0.25) is 0 Å². The summed E-state index contributed by atoms with van der Waals surface area (Å²) in [4.78, 5) is 14.1. The monoisotopic (exact) mass is 282 g/mol. The van der Waals surface area contributed by atoms with Crippen molar-refractivity contribution in [3.63, 3.8) is 0 Å². The lowest BCUT2D eigenvalue weighted by atomic mass is 9.97. The van der Waals surface area contributed by atoms with E-state index in [0.717, 1.165) is 19.5 Å². The van der Waals surface area contributed by atoms with Gasteiger partial charge in [-0.05, 0) is 30.4 Å². The fraction of sp³-hybridized carbons (Fsp3) is 0.533. The lowest BCUT2D eigenvalue weighted by Gasteiger charge is -2.19. The molecule has 3 nitrogen and oxygen atoms in total. The molecule has 0 spiro atoms. The Labute approximate surface area is 121 Å². The summed E-state index contributed by atoms with van der Waals surface area (Å²) >= 11 is 0. The molecule has 2 atom stereocenters. The van der Waals surface area contributed by atoms with E-state index in [-0.39, 0.29) is 24.2 Å². The van der Waals surface area contributed by atoms with Gasteiger partial charge in [0.1, 0.15) is 0 Å². The van der Waals surface area contributed by atoms with Crippen LogP contribution in [0, 0.1) is 5.92 Å². The Morgan fingerprint density at radius 3 is 2.68 bits per heavy atom. The topological polar surface area (TPSA) is 46.3 Å². The highest BCUT2D eigenvalue weighted by molar-refractivity contribution is 5.85. The Morgan fingerprint density at radius 2 is 2.11 bits per heavy atom. The van der Waals surface area contributed by atoms with Crippen molar-refractivity contribution in [3.05, 3.63) is 35.9 Å². The molecule has 1 aromatic carbocycles. The molecule has 0 aliphatic carbocycles. The second-order valence-corrected chi connectivity index (χ2v) is 5.25. The zero-order valence-corrected chi connectivity index (χ0v) is 12.2. The number of halogens is 1. The van der Waals surface area contributed by atoms with Crippen LogP contribution in [0.5, 0.6) is 0 Å². The molecule has 1 amide bonds. The average molecular weight is 283 g/mol. The van der Waals surface area contributed by atoms with Crippen molar-refractivity contribution in [2.24, 2.45) is 11.7 Å². The number of benzene rings is 1. The van der Waals surface area contributed by atoms with E-state index in [1.807, 2.05) is 23.1 Å². The summed E-state index contributed by atoms with van der Waals surface area (Å²) in [6.07, 6.45) is 1.66. The number of likely N-dealkylation sites (tertiary alicyclic amines) is 1. The van der Waals surface area contributed by atoms with Crippen LogP contribution in [0.4, 0.5) is 0 Å². The molecule has 0 saturated carbocycles. The maximum atomic E-state index is 12.2. The first-order chi connectivity index (χ1) is 8.70. The van der Waals surface area contributed by atoms with Gasteiger partial charge in [-0.25, -0.2) is 0 Å². The molecule has 2 N–H and O–H groups in total. The fourth-order valence-electron chi connectivity index (χ4n) is 2.54. The van der Waals surface area contributed by atoms with Crippen LogP contribution in [0.3, 0.4) is 0 Å². The van der Waals surface area contributed by atoms with Crippen LogP contribution in [-0.2, 0) is 4.79 Å². The molecule has 1 aromatic rings. The van der Waals surface area contributed by atoms with Crippen molar-refractivity contribution in [2.75, 3.05) is 19.6 Å². The SMILES string of the molecule is CC(CC(=O)N1CCC(CN)C1)c1ccccc1.Cl. The van der Waals surface area contributed by atoms with Crippen LogP contribution in [-0.4, -0.2) is 30.4 Å². The van der Waals surface area contributed by atoms with Crippen molar-refractivity contribution >= 4 is 18.3 Å². The van der Waals surface area contributed by atoms with Gasteiger partial charge in [-0.1, -0.05) is 37.3 Å². The highest BCUT2D eigenvalue weighted by Crippen LogP contribution is 2.22. The molecule has 19 heavy (non-hydrogen) atoms. The fourth-order valence-corrected chi connectivity index (χ4v) is 2.54. The van der Waals surface area contributed by atoms with E-state index in [1.165, 1.54) is 5.56 Å². The van der Waals surface area contributed by atoms with Crippen molar-refractivity contribution in [1.29, 1.82) is 0 Å². The van der Waals surface area contributed by atoms with E-state index in [9.17, 15) is 4.79 Å². The summed E-state index contributed by atoms with van der Waals surface area (Å²) in [5, 5.41) is 0. The van der Waals surface area contributed by atoms with E-state index in [2.05, 4.69) is 19.1 Å². The van der Waals surface area contributed by atoms with Gasteiger partial charge in [-0.3, -0.25) is 4.79 Å². The van der Waals surface area contributed by atoms with E-state index < -0.39 is 0 Å². The summed E-state index contributed by atoms with van der Waals surface area (Å²) in [5.74, 6) is 1.05. The standard InChI is InChI=1S/C15H22N2O.ClH/c1-12(14-5-3-2-4-6-14)9-15(18)17-8-7-13(10-16)11-17;/h2-6,12-13H,7-11,16H2,1H3;1H. The van der Waals surface area contributed by atoms with Gasteiger partial charge in [-0.15, -0.1) is 12.4 Å². The van der Waals surface area contributed by atoms with E-state index in [1.54, 1.807) is 0 Å². The first kappa shape index (κ1) is 16.0. The number of carbonyl (C=O) groups excluding carboxylic acids is 1. The Balaban J connectivity index is 0.00000180. The zero-order valence-electron chi connectivity index (χ0n) is 11.4. The minimum absolute atomic E-state index is 0. The molecule has 1 aliphatic heterocycles. The Hall–Kier alpha value is -1.06. The maximum absolute atomic E-state index is 12.2. The van der Waals surface area contributed by atoms with Crippen LogP contribution in [0.1, 0.15) is 31.2 Å². The molecule has 1 saturated heterocycles. The third-order valence-corrected chi connectivity index (χ3v) is 3.82. The molecule has 1 fully saturated rings. The van der Waals surface area contributed by atoms with Crippen molar-refractivity contribution in [3.8, 4) is 0 Å². The maximum Gasteiger partial charge on any atom is 0.223 e. The lowest BCUT2D eigenvalue weighted by Crippen LogP contribution is -2.30. The number of amides is 1. The third kappa shape index (κ3) is 4.22. The van der Waals surface area contributed by atoms with Crippen LogP contribution >= 0.6 is 12.4 Å². The molecule has 0 bridgehead atoms.